The van der Waals surface area contributed by atoms with Gasteiger partial charge in [0.2, 0.25) is 0 Å². The first kappa shape index (κ1) is 23.7. The first-order chi connectivity index (χ1) is 16.4. The molecule has 0 saturated heterocycles. The average Bonchev–Trinajstić information content (AvgIpc) is 3.26. The topological polar surface area (TPSA) is 101 Å². The fraction of sp³-hybridized carbons (Fsp3) is 0.200. The van der Waals surface area contributed by atoms with Gasteiger partial charge < -0.3 is 15.0 Å². The maximum absolute atomic E-state index is 12.7. The number of esters is 1. The van der Waals surface area contributed by atoms with Crippen LogP contribution in [0.1, 0.15) is 18.3 Å². The minimum atomic E-state index is -0.925. The number of amides is 1. The third-order valence-electron chi connectivity index (χ3n) is 5.03. The third kappa shape index (κ3) is 5.73. The normalized spacial score (nSPS) is 11.8. The number of thioether (sulfide) groups is 1. The zero-order valence-corrected chi connectivity index (χ0v) is 20.3. The summed E-state index contributed by atoms with van der Waals surface area (Å²) in [5, 5.41) is 5.22. The lowest BCUT2D eigenvalue weighted by atomic mass is 10.1. The standard InChI is InChI=1S/C25H23N3O4S2/c1-15-8-10-18(11-9-15)26-23(30)16(2)32-21(29)14-33-13-20-27-24(31)22-19(12-34-25(22)28-20)17-6-4-3-5-7-17/h3-12,16H,13-14H2,1-2H3,(H,26,30)(H,27,28,31)/t16-/m1/s1. The zero-order chi connectivity index (χ0) is 24.1. The molecule has 0 spiro atoms. The molecule has 0 aliphatic heterocycles. The lowest BCUT2D eigenvalue weighted by Crippen LogP contribution is -2.30. The van der Waals surface area contributed by atoms with E-state index >= 15 is 0 Å². The van der Waals surface area contributed by atoms with E-state index in [1.54, 1.807) is 12.1 Å². The molecule has 0 radical (unpaired) electrons. The molecule has 0 saturated carbocycles. The molecule has 9 heteroatoms. The third-order valence-corrected chi connectivity index (χ3v) is 6.82. The molecule has 2 aromatic heterocycles. The summed E-state index contributed by atoms with van der Waals surface area (Å²) in [5.74, 6) is -0.0539. The fourth-order valence-corrected chi connectivity index (χ4v) is 4.92. The van der Waals surface area contributed by atoms with E-state index in [4.69, 9.17) is 4.74 Å². The Bertz CT molecular complexity index is 1360. The Morgan fingerprint density at radius 1 is 1.15 bits per heavy atom. The van der Waals surface area contributed by atoms with Crippen molar-refractivity contribution in [3.05, 3.63) is 81.7 Å². The van der Waals surface area contributed by atoms with Gasteiger partial charge in [-0.25, -0.2) is 4.98 Å². The number of carbonyl (C=O) groups excluding carboxylic acids is 2. The number of fused-ring (bicyclic) bond motifs is 1. The van der Waals surface area contributed by atoms with E-state index in [1.165, 1.54) is 30.0 Å². The number of carbonyl (C=O) groups is 2. The fourth-order valence-electron chi connectivity index (χ4n) is 3.29. The van der Waals surface area contributed by atoms with Crippen molar-refractivity contribution in [2.45, 2.75) is 25.7 Å². The van der Waals surface area contributed by atoms with Crippen LogP contribution in [0.15, 0.2) is 64.8 Å². The SMILES string of the molecule is Cc1ccc(NC(=O)[C@@H](C)OC(=O)CSCc2nc3scc(-c4ccccc4)c3c(=O)[nH]2)cc1. The second-order valence-corrected chi connectivity index (χ2v) is 9.53. The molecule has 0 unspecified atom stereocenters. The Morgan fingerprint density at radius 3 is 2.62 bits per heavy atom. The molecule has 2 heterocycles. The second kappa shape index (κ2) is 10.7. The molecular formula is C25H23N3O4S2. The number of nitrogens with one attached hydrogen (secondary N) is 2. The van der Waals surface area contributed by atoms with Crippen molar-refractivity contribution in [3.63, 3.8) is 0 Å². The van der Waals surface area contributed by atoms with Gasteiger partial charge in [0.1, 0.15) is 10.7 Å². The summed E-state index contributed by atoms with van der Waals surface area (Å²) in [6.07, 6.45) is -0.925. The van der Waals surface area contributed by atoms with Gasteiger partial charge in [-0.1, -0.05) is 48.0 Å². The Hall–Kier alpha value is -3.43. The number of aryl methyl sites for hydroxylation is 1. The summed E-state index contributed by atoms with van der Waals surface area (Å²) in [5.41, 5.74) is 3.34. The summed E-state index contributed by atoms with van der Waals surface area (Å²) in [7, 11) is 0. The van der Waals surface area contributed by atoms with E-state index in [0.29, 0.717) is 27.5 Å². The predicted octanol–water partition coefficient (Wildman–Crippen LogP) is 4.76. The number of benzene rings is 2. The molecule has 0 bridgehead atoms. The maximum Gasteiger partial charge on any atom is 0.316 e. The highest BCUT2D eigenvalue weighted by atomic mass is 32.2. The van der Waals surface area contributed by atoms with E-state index in [-0.39, 0.29) is 11.3 Å². The molecule has 1 atom stereocenters. The summed E-state index contributed by atoms with van der Waals surface area (Å²) in [4.78, 5) is 45.1. The Morgan fingerprint density at radius 2 is 1.88 bits per heavy atom. The lowest BCUT2D eigenvalue weighted by Gasteiger charge is -2.13. The van der Waals surface area contributed by atoms with Crippen molar-refractivity contribution in [3.8, 4) is 11.1 Å². The number of hydrogen-bond acceptors (Lipinski definition) is 7. The zero-order valence-electron chi connectivity index (χ0n) is 18.7. The molecule has 2 N–H and O–H groups in total. The molecule has 34 heavy (non-hydrogen) atoms. The van der Waals surface area contributed by atoms with Crippen LogP contribution in [-0.4, -0.2) is 33.7 Å². The number of hydrogen-bond donors (Lipinski definition) is 2. The van der Waals surface area contributed by atoms with Crippen LogP contribution >= 0.6 is 23.1 Å². The van der Waals surface area contributed by atoms with Gasteiger partial charge in [0, 0.05) is 16.6 Å². The summed E-state index contributed by atoms with van der Waals surface area (Å²) < 4.78 is 5.23. The van der Waals surface area contributed by atoms with Crippen molar-refractivity contribution in [2.24, 2.45) is 0 Å². The molecule has 0 fully saturated rings. The predicted molar refractivity (Wildman–Crippen MR) is 137 cm³/mol. The molecule has 0 aliphatic carbocycles. The first-order valence-electron chi connectivity index (χ1n) is 10.6. The molecule has 174 valence electrons. The van der Waals surface area contributed by atoms with Gasteiger partial charge in [-0.15, -0.1) is 23.1 Å². The number of H-pyrrole nitrogens is 1. The van der Waals surface area contributed by atoms with Crippen molar-refractivity contribution < 1.29 is 14.3 Å². The maximum atomic E-state index is 12.7. The molecule has 1 amide bonds. The summed E-state index contributed by atoms with van der Waals surface area (Å²) in [6.45, 7) is 3.49. The van der Waals surface area contributed by atoms with Crippen LogP contribution in [0.3, 0.4) is 0 Å². The second-order valence-electron chi connectivity index (χ2n) is 7.69. The summed E-state index contributed by atoms with van der Waals surface area (Å²) in [6, 6.07) is 17.1. The van der Waals surface area contributed by atoms with Crippen LogP contribution in [0.25, 0.3) is 21.3 Å². The van der Waals surface area contributed by atoms with Gasteiger partial charge in [-0.3, -0.25) is 14.4 Å². The Labute approximate surface area is 204 Å². The first-order valence-corrected chi connectivity index (χ1v) is 12.6. The van der Waals surface area contributed by atoms with E-state index in [1.807, 2.05) is 54.8 Å². The highest BCUT2D eigenvalue weighted by molar-refractivity contribution is 7.99. The molecular weight excluding hydrogens is 470 g/mol. The van der Waals surface area contributed by atoms with E-state index in [9.17, 15) is 14.4 Å². The van der Waals surface area contributed by atoms with Crippen molar-refractivity contribution >= 4 is 50.9 Å². The van der Waals surface area contributed by atoms with Gasteiger partial charge in [0.05, 0.1) is 16.9 Å². The quantitative estimate of drug-likeness (QED) is 0.343. The van der Waals surface area contributed by atoms with Crippen LogP contribution < -0.4 is 10.9 Å². The van der Waals surface area contributed by atoms with Crippen LogP contribution in [-0.2, 0) is 20.1 Å². The number of nitrogens with zero attached hydrogens (tertiary/aromatic N) is 1. The van der Waals surface area contributed by atoms with E-state index < -0.39 is 18.0 Å². The van der Waals surface area contributed by atoms with Gasteiger partial charge in [0.15, 0.2) is 6.10 Å². The number of rotatable bonds is 8. The minimum Gasteiger partial charge on any atom is -0.452 e. The van der Waals surface area contributed by atoms with E-state index in [2.05, 4.69) is 15.3 Å². The molecule has 2 aromatic carbocycles. The van der Waals surface area contributed by atoms with Crippen LogP contribution in [0.4, 0.5) is 5.69 Å². The smallest absolute Gasteiger partial charge is 0.316 e. The van der Waals surface area contributed by atoms with Crippen molar-refractivity contribution in [1.29, 1.82) is 0 Å². The van der Waals surface area contributed by atoms with Gasteiger partial charge in [-0.2, -0.15) is 0 Å². The van der Waals surface area contributed by atoms with Crippen molar-refractivity contribution in [1.82, 2.24) is 9.97 Å². The number of aromatic nitrogens is 2. The lowest BCUT2D eigenvalue weighted by molar-refractivity contribution is -0.150. The van der Waals surface area contributed by atoms with E-state index in [0.717, 1.165) is 16.7 Å². The molecule has 4 rings (SSSR count). The minimum absolute atomic E-state index is 0.0314. The number of aromatic amines is 1. The van der Waals surface area contributed by atoms with Crippen LogP contribution in [0, 0.1) is 6.92 Å². The summed E-state index contributed by atoms with van der Waals surface area (Å²) >= 11 is 2.67. The van der Waals surface area contributed by atoms with Crippen molar-refractivity contribution in [2.75, 3.05) is 11.1 Å². The van der Waals surface area contributed by atoms with Crippen LogP contribution in [0.2, 0.25) is 0 Å². The molecule has 4 aromatic rings. The van der Waals surface area contributed by atoms with Gasteiger partial charge >= 0.3 is 5.97 Å². The Kier molecular flexibility index (Phi) is 7.44. The van der Waals surface area contributed by atoms with Gasteiger partial charge in [-0.05, 0) is 31.5 Å². The number of thiophene rings is 1. The number of anilines is 1. The molecule has 7 nitrogen and oxygen atoms in total. The monoisotopic (exact) mass is 493 g/mol. The van der Waals surface area contributed by atoms with Gasteiger partial charge in [0.25, 0.3) is 11.5 Å². The largest absolute Gasteiger partial charge is 0.452 e. The highest BCUT2D eigenvalue weighted by Crippen LogP contribution is 2.30. The van der Waals surface area contributed by atoms with Crippen LogP contribution in [0.5, 0.6) is 0 Å². The Balaban J connectivity index is 1.31. The number of ether oxygens (including phenoxy) is 1. The molecule has 0 aliphatic rings. The highest BCUT2D eigenvalue weighted by Gasteiger charge is 2.18. The average molecular weight is 494 g/mol.